The third kappa shape index (κ3) is 7.08. The minimum atomic E-state index is -4.56. The SMILES string of the molecule is Nc1nc(=O)n([C@H]2C[C@H](OCc3ccccc3)[C@@H](NOP(=O)(O)OCc3ccccc3)O2)cc1C(=O)O. The second-order valence-corrected chi connectivity index (χ2v) is 9.43. The zero-order valence-corrected chi connectivity index (χ0v) is 20.3. The number of ether oxygens (including phenoxy) is 2. The lowest BCUT2D eigenvalue weighted by Crippen LogP contribution is -2.38. The number of hydrogen-bond donors (Lipinski definition) is 4. The largest absolute Gasteiger partial charge is 0.489 e. The van der Waals surface area contributed by atoms with Crippen molar-refractivity contribution < 1.29 is 38.0 Å². The zero-order chi connectivity index (χ0) is 26.4. The minimum Gasteiger partial charge on any atom is -0.478 e. The predicted octanol–water partition coefficient (Wildman–Crippen LogP) is 2.19. The van der Waals surface area contributed by atoms with Crippen molar-refractivity contribution in [2.45, 2.75) is 38.2 Å². The zero-order valence-electron chi connectivity index (χ0n) is 19.4. The Kier molecular flexibility index (Phi) is 8.46. The number of carbonyl (C=O) groups is 1. The number of rotatable bonds is 11. The molecule has 1 aromatic heterocycles. The van der Waals surface area contributed by atoms with Crippen molar-refractivity contribution in [3.05, 3.63) is 94.0 Å². The number of aromatic carboxylic acids is 1. The third-order valence-electron chi connectivity index (χ3n) is 5.43. The highest BCUT2D eigenvalue weighted by Gasteiger charge is 2.40. The smallest absolute Gasteiger partial charge is 0.478 e. The number of nitrogens with one attached hydrogen (secondary N) is 1. The van der Waals surface area contributed by atoms with Crippen LogP contribution in [-0.4, -0.2) is 37.9 Å². The summed E-state index contributed by atoms with van der Waals surface area (Å²) < 4.78 is 35.0. The number of phosphoric ester groups is 1. The van der Waals surface area contributed by atoms with E-state index >= 15 is 0 Å². The summed E-state index contributed by atoms with van der Waals surface area (Å²) in [6, 6.07) is 18.0. The Morgan fingerprint density at radius 2 is 1.76 bits per heavy atom. The van der Waals surface area contributed by atoms with Crippen LogP contribution >= 0.6 is 7.82 Å². The van der Waals surface area contributed by atoms with Crippen molar-refractivity contribution >= 4 is 19.6 Å². The fourth-order valence-electron chi connectivity index (χ4n) is 3.58. The van der Waals surface area contributed by atoms with Crippen LogP contribution in [0.1, 0.15) is 34.1 Å². The summed E-state index contributed by atoms with van der Waals surface area (Å²) in [4.78, 5) is 37.5. The molecule has 13 nitrogen and oxygen atoms in total. The van der Waals surface area contributed by atoms with Gasteiger partial charge >= 0.3 is 19.5 Å². The summed E-state index contributed by atoms with van der Waals surface area (Å²) in [5, 5.41) is 9.34. The van der Waals surface area contributed by atoms with Gasteiger partial charge in [-0.05, 0) is 11.1 Å². The molecule has 2 heterocycles. The van der Waals surface area contributed by atoms with Gasteiger partial charge in [-0.2, -0.15) is 15.1 Å². The lowest BCUT2D eigenvalue weighted by atomic mass is 10.2. The van der Waals surface area contributed by atoms with Crippen molar-refractivity contribution in [3.8, 4) is 0 Å². The number of hydroxylamine groups is 1. The van der Waals surface area contributed by atoms with Crippen LogP contribution in [0.5, 0.6) is 0 Å². The van der Waals surface area contributed by atoms with Crippen LogP contribution in [-0.2, 0) is 36.4 Å². The van der Waals surface area contributed by atoms with Crippen LogP contribution in [0, 0.1) is 0 Å². The highest BCUT2D eigenvalue weighted by Crippen LogP contribution is 2.43. The molecule has 4 rings (SSSR count). The summed E-state index contributed by atoms with van der Waals surface area (Å²) in [6.07, 6.45) is -1.87. The van der Waals surface area contributed by atoms with Gasteiger partial charge in [-0.25, -0.2) is 14.2 Å². The van der Waals surface area contributed by atoms with E-state index in [1.807, 2.05) is 30.3 Å². The molecule has 1 aliphatic heterocycles. The van der Waals surface area contributed by atoms with Gasteiger partial charge in [0.15, 0.2) is 6.23 Å². The van der Waals surface area contributed by atoms with E-state index < -0.39 is 43.9 Å². The average Bonchev–Trinajstić information content (AvgIpc) is 3.29. The van der Waals surface area contributed by atoms with E-state index in [-0.39, 0.29) is 25.2 Å². The van der Waals surface area contributed by atoms with Gasteiger partial charge in [-0.3, -0.25) is 9.09 Å². The molecule has 14 heteroatoms. The molecule has 0 aliphatic carbocycles. The van der Waals surface area contributed by atoms with Crippen LogP contribution in [0.4, 0.5) is 5.82 Å². The molecule has 0 saturated carbocycles. The van der Waals surface area contributed by atoms with Crippen molar-refractivity contribution in [2.24, 2.45) is 0 Å². The predicted molar refractivity (Wildman–Crippen MR) is 129 cm³/mol. The summed E-state index contributed by atoms with van der Waals surface area (Å²) in [7, 11) is -4.56. The molecule has 3 aromatic rings. The number of carboxylic acid groups (broad SMARTS) is 1. The molecule has 0 radical (unpaired) electrons. The van der Waals surface area contributed by atoms with Gasteiger partial charge in [0, 0.05) is 12.6 Å². The van der Waals surface area contributed by atoms with E-state index in [1.54, 1.807) is 30.3 Å². The molecule has 4 atom stereocenters. The van der Waals surface area contributed by atoms with Gasteiger partial charge in [-0.1, -0.05) is 60.7 Å². The number of nitrogens with zero attached hydrogens (tertiary/aromatic N) is 2. The Bertz CT molecular complexity index is 1320. The topological polar surface area (TPSA) is 184 Å². The van der Waals surface area contributed by atoms with E-state index in [0.29, 0.717) is 5.56 Å². The normalized spacial score (nSPS) is 20.9. The molecule has 196 valence electrons. The maximum Gasteiger partial charge on any atom is 0.489 e. The minimum absolute atomic E-state index is 0.0546. The van der Waals surface area contributed by atoms with Crippen molar-refractivity contribution in [1.82, 2.24) is 15.0 Å². The first kappa shape index (κ1) is 26.6. The maximum absolute atomic E-state index is 12.4. The first-order chi connectivity index (χ1) is 17.7. The number of nitrogens with two attached hydrogens (primary N) is 1. The monoisotopic (exact) mass is 532 g/mol. The summed E-state index contributed by atoms with van der Waals surface area (Å²) in [5.41, 5.74) is 8.19. The standard InChI is InChI=1S/C23H25N4O9P/c24-20-17(22(28)29)12-27(23(30)25-20)19-11-18(33-13-15-7-3-1-4-8-15)21(35-19)26-36-37(31,32)34-14-16-9-5-2-6-10-16/h1-10,12,18-19,21,26H,11,13-14H2,(H,28,29)(H,31,32)(H2,24,25,30)/t18-,19+,21-/m0/s1. The second-order valence-electron chi connectivity index (χ2n) is 8.05. The van der Waals surface area contributed by atoms with Crippen molar-refractivity contribution in [1.29, 1.82) is 0 Å². The molecular formula is C23H25N4O9P. The maximum atomic E-state index is 12.4. The van der Waals surface area contributed by atoms with Gasteiger partial charge in [0.05, 0.1) is 13.2 Å². The molecule has 0 bridgehead atoms. The molecule has 1 unspecified atom stereocenters. The molecule has 37 heavy (non-hydrogen) atoms. The number of anilines is 1. The Morgan fingerprint density at radius 1 is 1.14 bits per heavy atom. The van der Waals surface area contributed by atoms with E-state index in [1.165, 1.54) is 0 Å². The Balaban J connectivity index is 1.48. The first-order valence-corrected chi connectivity index (χ1v) is 12.6. The van der Waals surface area contributed by atoms with Gasteiger partial charge in [-0.15, -0.1) is 0 Å². The first-order valence-electron chi connectivity index (χ1n) is 11.1. The summed E-state index contributed by atoms with van der Waals surface area (Å²) >= 11 is 0. The van der Waals surface area contributed by atoms with E-state index in [4.69, 9.17) is 24.4 Å². The number of aromatic nitrogens is 2. The quantitative estimate of drug-likeness (QED) is 0.209. The van der Waals surface area contributed by atoms with Crippen molar-refractivity contribution in [2.75, 3.05) is 5.73 Å². The molecule has 1 aliphatic rings. The van der Waals surface area contributed by atoms with E-state index in [9.17, 15) is 24.2 Å². The van der Waals surface area contributed by atoms with E-state index in [2.05, 4.69) is 10.5 Å². The van der Waals surface area contributed by atoms with Gasteiger partial charge in [0.25, 0.3) is 0 Å². The molecular weight excluding hydrogens is 507 g/mol. The fourth-order valence-corrected chi connectivity index (χ4v) is 4.18. The number of nitrogen functional groups attached to an aromatic ring is 1. The van der Waals surface area contributed by atoms with Crippen LogP contribution in [0.15, 0.2) is 71.7 Å². The third-order valence-corrected chi connectivity index (χ3v) is 6.22. The molecule has 5 N–H and O–H groups in total. The van der Waals surface area contributed by atoms with Gasteiger partial charge in [0.1, 0.15) is 23.7 Å². The molecule has 1 fully saturated rings. The number of hydrogen-bond acceptors (Lipinski definition) is 10. The lowest BCUT2D eigenvalue weighted by Gasteiger charge is -2.21. The summed E-state index contributed by atoms with van der Waals surface area (Å²) in [5.74, 6) is -1.80. The van der Waals surface area contributed by atoms with Gasteiger partial charge in [0.2, 0.25) is 0 Å². The Hall–Kier alpha value is -3.42. The molecule has 1 saturated heterocycles. The lowest BCUT2D eigenvalue weighted by molar-refractivity contribution is -0.109. The molecule has 0 spiro atoms. The highest BCUT2D eigenvalue weighted by atomic mass is 31.2. The Labute approximate surface area is 211 Å². The van der Waals surface area contributed by atoms with Crippen molar-refractivity contribution in [3.63, 3.8) is 0 Å². The number of benzene rings is 2. The van der Waals surface area contributed by atoms with Crippen LogP contribution in [0.2, 0.25) is 0 Å². The molecule has 0 amide bonds. The van der Waals surface area contributed by atoms with Crippen LogP contribution < -0.4 is 16.9 Å². The highest BCUT2D eigenvalue weighted by molar-refractivity contribution is 7.47. The number of carboxylic acids is 1. The average molecular weight is 532 g/mol. The van der Waals surface area contributed by atoms with Crippen LogP contribution in [0.25, 0.3) is 0 Å². The molecule has 2 aromatic carbocycles. The Morgan fingerprint density at radius 3 is 2.38 bits per heavy atom. The second kappa shape index (κ2) is 11.8. The van der Waals surface area contributed by atoms with E-state index in [0.717, 1.165) is 16.3 Å². The van der Waals surface area contributed by atoms with Gasteiger partial charge < -0.3 is 25.2 Å². The summed E-state index contributed by atoms with van der Waals surface area (Å²) in [6.45, 7) is -0.0147. The van der Waals surface area contributed by atoms with Crippen LogP contribution in [0.3, 0.4) is 0 Å². The fraction of sp³-hybridized carbons (Fsp3) is 0.261. The number of phosphoric acid groups is 1.